The van der Waals surface area contributed by atoms with Gasteiger partial charge in [0, 0.05) is 13.7 Å². The van der Waals surface area contributed by atoms with Gasteiger partial charge < -0.3 is 10.1 Å². The number of hydrogen-bond acceptors (Lipinski definition) is 2. The summed E-state index contributed by atoms with van der Waals surface area (Å²) in [4.78, 5) is 11.1. The molecule has 0 saturated carbocycles. The van der Waals surface area contributed by atoms with Crippen molar-refractivity contribution in [2.75, 3.05) is 20.3 Å². The second-order valence-corrected chi connectivity index (χ2v) is 2.94. The van der Waals surface area contributed by atoms with Crippen LogP contribution < -0.4 is 5.32 Å². The van der Waals surface area contributed by atoms with Crippen molar-refractivity contribution in [3.05, 3.63) is 0 Å². The van der Waals surface area contributed by atoms with Crippen molar-refractivity contribution in [1.82, 2.24) is 5.32 Å². The highest BCUT2D eigenvalue weighted by atomic mass is 16.5. The highest BCUT2D eigenvalue weighted by Crippen LogP contribution is 2.27. The molecule has 1 amide bonds. The van der Waals surface area contributed by atoms with Crippen LogP contribution in [0.1, 0.15) is 13.3 Å². The number of carbonyl (C=O) groups excluding carboxylic acids is 1. The summed E-state index contributed by atoms with van der Waals surface area (Å²) in [6.45, 7) is 3.20. The van der Waals surface area contributed by atoms with Gasteiger partial charge in [-0.05, 0) is 13.3 Å². The number of nitrogens with one attached hydrogen (secondary N) is 1. The van der Waals surface area contributed by atoms with Gasteiger partial charge in [0.1, 0.15) is 0 Å². The predicted octanol–water partition coefficient (Wildman–Crippen LogP) is 0.159. The second-order valence-electron chi connectivity index (χ2n) is 2.94. The first-order chi connectivity index (χ1) is 4.69. The Bertz CT molecular complexity index is 139. The van der Waals surface area contributed by atoms with Gasteiger partial charge in [-0.2, -0.15) is 0 Å². The lowest BCUT2D eigenvalue weighted by Gasteiger charge is -2.18. The highest BCUT2D eigenvalue weighted by molar-refractivity contribution is 5.82. The number of ether oxygens (including phenoxy) is 1. The molecule has 10 heavy (non-hydrogen) atoms. The van der Waals surface area contributed by atoms with Crippen LogP contribution in [0.15, 0.2) is 0 Å². The van der Waals surface area contributed by atoms with Crippen molar-refractivity contribution in [3.63, 3.8) is 0 Å². The maximum atomic E-state index is 11.1. The molecule has 1 fully saturated rings. The summed E-state index contributed by atoms with van der Waals surface area (Å²) in [5.41, 5.74) is -0.269. The van der Waals surface area contributed by atoms with E-state index < -0.39 is 0 Å². The fourth-order valence-corrected chi connectivity index (χ4v) is 1.15. The molecule has 1 aliphatic heterocycles. The zero-order valence-electron chi connectivity index (χ0n) is 6.44. The van der Waals surface area contributed by atoms with E-state index in [0.717, 1.165) is 6.42 Å². The first kappa shape index (κ1) is 7.54. The average Bonchev–Trinajstić information content (AvgIpc) is 2.36. The minimum Gasteiger partial charge on any atom is -0.380 e. The summed E-state index contributed by atoms with van der Waals surface area (Å²) in [6.07, 6.45) is 0.840. The Kier molecular flexibility index (Phi) is 1.94. The lowest BCUT2D eigenvalue weighted by atomic mass is 9.89. The van der Waals surface area contributed by atoms with E-state index in [-0.39, 0.29) is 11.3 Å². The van der Waals surface area contributed by atoms with Crippen molar-refractivity contribution in [2.24, 2.45) is 5.41 Å². The van der Waals surface area contributed by atoms with E-state index in [2.05, 4.69) is 5.32 Å². The highest BCUT2D eigenvalue weighted by Gasteiger charge is 2.36. The van der Waals surface area contributed by atoms with Crippen LogP contribution in [0.3, 0.4) is 0 Å². The first-order valence-corrected chi connectivity index (χ1v) is 3.49. The Morgan fingerprint density at radius 3 is 2.80 bits per heavy atom. The molecule has 0 spiro atoms. The predicted molar refractivity (Wildman–Crippen MR) is 37.6 cm³/mol. The molecule has 0 aliphatic carbocycles. The smallest absolute Gasteiger partial charge is 0.228 e. The van der Waals surface area contributed by atoms with Gasteiger partial charge in [0.05, 0.1) is 12.0 Å². The van der Waals surface area contributed by atoms with E-state index in [0.29, 0.717) is 13.2 Å². The SMILES string of the molecule is CNC(=O)C1(C)CCOC1. The first-order valence-electron chi connectivity index (χ1n) is 3.49. The minimum absolute atomic E-state index is 0.0880. The molecule has 1 atom stereocenters. The van der Waals surface area contributed by atoms with Gasteiger partial charge in [0.2, 0.25) is 5.91 Å². The van der Waals surface area contributed by atoms with Crippen LogP contribution in [-0.2, 0) is 9.53 Å². The Balaban J connectivity index is 2.58. The summed E-state index contributed by atoms with van der Waals surface area (Å²) in [6, 6.07) is 0. The van der Waals surface area contributed by atoms with Crippen LogP contribution in [0.25, 0.3) is 0 Å². The van der Waals surface area contributed by atoms with E-state index in [9.17, 15) is 4.79 Å². The topological polar surface area (TPSA) is 38.3 Å². The second kappa shape index (κ2) is 2.58. The quantitative estimate of drug-likeness (QED) is 0.567. The molecule has 58 valence electrons. The molecule has 0 aromatic carbocycles. The van der Waals surface area contributed by atoms with E-state index in [1.807, 2.05) is 6.92 Å². The summed E-state index contributed by atoms with van der Waals surface area (Å²) in [7, 11) is 1.66. The molecule has 0 aromatic rings. The van der Waals surface area contributed by atoms with Gasteiger partial charge >= 0.3 is 0 Å². The lowest BCUT2D eigenvalue weighted by Crippen LogP contribution is -2.37. The Morgan fingerprint density at radius 2 is 2.40 bits per heavy atom. The normalized spacial score (nSPS) is 32.2. The molecule has 1 aliphatic rings. The van der Waals surface area contributed by atoms with Gasteiger partial charge in [-0.25, -0.2) is 0 Å². The maximum absolute atomic E-state index is 11.1. The van der Waals surface area contributed by atoms with E-state index in [1.165, 1.54) is 0 Å². The van der Waals surface area contributed by atoms with Crippen LogP contribution in [0, 0.1) is 5.41 Å². The number of rotatable bonds is 1. The van der Waals surface area contributed by atoms with Crippen LogP contribution in [0.5, 0.6) is 0 Å². The Labute approximate surface area is 60.7 Å². The van der Waals surface area contributed by atoms with Crippen molar-refractivity contribution in [3.8, 4) is 0 Å². The van der Waals surface area contributed by atoms with Crippen LogP contribution in [-0.4, -0.2) is 26.2 Å². The summed E-state index contributed by atoms with van der Waals surface area (Å²) in [5, 5.41) is 2.63. The van der Waals surface area contributed by atoms with E-state index in [1.54, 1.807) is 7.05 Å². The van der Waals surface area contributed by atoms with Crippen molar-refractivity contribution < 1.29 is 9.53 Å². The van der Waals surface area contributed by atoms with Gasteiger partial charge in [-0.15, -0.1) is 0 Å². The third-order valence-corrected chi connectivity index (χ3v) is 1.99. The Morgan fingerprint density at radius 1 is 1.70 bits per heavy atom. The fourth-order valence-electron chi connectivity index (χ4n) is 1.15. The number of carbonyl (C=O) groups is 1. The minimum atomic E-state index is -0.269. The monoisotopic (exact) mass is 143 g/mol. The summed E-state index contributed by atoms with van der Waals surface area (Å²) in [5.74, 6) is 0.0880. The Hall–Kier alpha value is -0.570. The molecule has 1 saturated heterocycles. The molecule has 1 heterocycles. The van der Waals surface area contributed by atoms with Gasteiger partial charge in [-0.1, -0.05) is 0 Å². The molecule has 0 bridgehead atoms. The van der Waals surface area contributed by atoms with Crippen molar-refractivity contribution in [2.45, 2.75) is 13.3 Å². The lowest BCUT2D eigenvalue weighted by molar-refractivity contribution is -0.129. The van der Waals surface area contributed by atoms with Crippen LogP contribution in [0.4, 0.5) is 0 Å². The summed E-state index contributed by atoms with van der Waals surface area (Å²) < 4.78 is 5.12. The molecule has 1 rings (SSSR count). The maximum Gasteiger partial charge on any atom is 0.228 e. The third-order valence-electron chi connectivity index (χ3n) is 1.99. The molecule has 0 aromatic heterocycles. The third kappa shape index (κ3) is 1.14. The zero-order valence-corrected chi connectivity index (χ0v) is 6.44. The fraction of sp³-hybridized carbons (Fsp3) is 0.857. The molecular formula is C7H13NO2. The number of hydrogen-bond donors (Lipinski definition) is 1. The van der Waals surface area contributed by atoms with Crippen LogP contribution >= 0.6 is 0 Å². The van der Waals surface area contributed by atoms with E-state index >= 15 is 0 Å². The molecular weight excluding hydrogens is 130 g/mol. The molecule has 3 nitrogen and oxygen atoms in total. The number of amides is 1. The van der Waals surface area contributed by atoms with Gasteiger partial charge in [0.25, 0.3) is 0 Å². The molecule has 1 unspecified atom stereocenters. The standard InChI is InChI=1S/C7H13NO2/c1-7(6(9)8-2)3-4-10-5-7/h3-5H2,1-2H3,(H,8,9). The van der Waals surface area contributed by atoms with Crippen molar-refractivity contribution in [1.29, 1.82) is 0 Å². The van der Waals surface area contributed by atoms with E-state index in [4.69, 9.17) is 4.74 Å². The molecule has 3 heteroatoms. The van der Waals surface area contributed by atoms with Crippen LogP contribution in [0.2, 0.25) is 0 Å². The van der Waals surface area contributed by atoms with Gasteiger partial charge in [-0.3, -0.25) is 4.79 Å². The van der Waals surface area contributed by atoms with Crippen molar-refractivity contribution >= 4 is 5.91 Å². The van der Waals surface area contributed by atoms with Gasteiger partial charge in [0.15, 0.2) is 0 Å². The molecule has 1 N–H and O–H groups in total. The summed E-state index contributed by atoms with van der Waals surface area (Å²) >= 11 is 0. The average molecular weight is 143 g/mol. The molecule has 0 radical (unpaired) electrons. The zero-order chi connectivity index (χ0) is 7.61. The largest absolute Gasteiger partial charge is 0.380 e.